The van der Waals surface area contributed by atoms with Crippen molar-refractivity contribution in [2.24, 2.45) is 0 Å². The maximum absolute atomic E-state index is 6.25. The van der Waals surface area contributed by atoms with E-state index in [0.717, 1.165) is 61.8 Å². The molecule has 1 aliphatic rings. The van der Waals surface area contributed by atoms with Crippen LogP contribution >= 0.6 is 0 Å². The highest BCUT2D eigenvalue weighted by Gasteiger charge is 2.22. The topological polar surface area (TPSA) is 63.8 Å². The molecule has 0 aliphatic carbocycles. The van der Waals surface area contributed by atoms with Crippen LogP contribution in [0.25, 0.3) is 94.3 Å². The normalized spacial score (nSPS) is 12.7. The molecule has 9 aromatic rings. The van der Waals surface area contributed by atoms with Crippen molar-refractivity contribution in [2.45, 2.75) is 0 Å². The molecule has 0 unspecified atom stereocenters. The van der Waals surface area contributed by atoms with Crippen LogP contribution in [0.1, 0.15) is 5.76 Å². The molecule has 5 heteroatoms. The van der Waals surface area contributed by atoms with Gasteiger partial charge in [-0.15, -0.1) is 0 Å². The standard InChI is InChI=1S/C42H26N4O/c1-2-11-27-23-29(21-18-25(27)9-1)40-44-41(33-15-7-16-35-38(33)39-36(47-35)17-8-22-43-39)46-42(45-40)34-24-28-20-19-26-10-3-4-12-30(26)37(28)32-14-6-5-13-31(32)34/h1-21,23-24,43H,22H2. The summed E-state index contributed by atoms with van der Waals surface area (Å²) in [5.74, 6) is 2.68. The van der Waals surface area contributed by atoms with Crippen molar-refractivity contribution in [2.75, 3.05) is 11.9 Å². The van der Waals surface area contributed by atoms with Crippen LogP contribution in [0, 0.1) is 0 Å². The average molecular weight is 603 g/mol. The zero-order chi connectivity index (χ0) is 30.9. The molecule has 47 heavy (non-hydrogen) atoms. The summed E-state index contributed by atoms with van der Waals surface area (Å²) in [4.78, 5) is 15.6. The summed E-state index contributed by atoms with van der Waals surface area (Å²) < 4.78 is 6.25. The van der Waals surface area contributed by atoms with Crippen LogP contribution in [0.2, 0.25) is 0 Å². The maximum atomic E-state index is 6.25. The van der Waals surface area contributed by atoms with Crippen molar-refractivity contribution >= 4 is 65.8 Å². The van der Waals surface area contributed by atoms with Gasteiger partial charge in [0.05, 0.1) is 11.1 Å². The van der Waals surface area contributed by atoms with E-state index in [1.807, 2.05) is 18.2 Å². The third-order valence-electron chi connectivity index (χ3n) is 9.28. The van der Waals surface area contributed by atoms with Crippen LogP contribution in [0.3, 0.4) is 0 Å². The molecule has 2 aromatic heterocycles. The number of nitrogens with zero attached hydrogens (tertiary/aromatic N) is 3. The largest absolute Gasteiger partial charge is 0.454 e. The van der Waals surface area contributed by atoms with E-state index < -0.39 is 0 Å². The average Bonchev–Trinajstić information content (AvgIpc) is 3.53. The summed E-state index contributed by atoms with van der Waals surface area (Å²) >= 11 is 0. The van der Waals surface area contributed by atoms with Crippen LogP contribution in [-0.2, 0) is 0 Å². The molecule has 0 radical (unpaired) electrons. The summed E-state index contributed by atoms with van der Waals surface area (Å²) in [6, 6.07) is 44.6. The van der Waals surface area contributed by atoms with Crippen LogP contribution in [0.15, 0.2) is 138 Å². The highest BCUT2D eigenvalue weighted by Crippen LogP contribution is 2.41. The third kappa shape index (κ3) is 4.07. The monoisotopic (exact) mass is 602 g/mol. The third-order valence-corrected chi connectivity index (χ3v) is 9.28. The smallest absolute Gasteiger partial charge is 0.164 e. The lowest BCUT2D eigenvalue weighted by molar-refractivity contribution is 0.604. The van der Waals surface area contributed by atoms with Gasteiger partial charge < -0.3 is 9.73 Å². The lowest BCUT2D eigenvalue weighted by Crippen LogP contribution is -2.04. The minimum absolute atomic E-state index is 0.603. The van der Waals surface area contributed by atoms with Gasteiger partial charge in [0.2, 0.25) is 0 Å². The Kier molecular flexibility index (Phi) is 5.57. The van der Waals surface area contributed by atoms with Crippen molar-refractivity contribution in [3.63, 3.8) is 0 Å². The first kappa shape index (κ1) is 25.9. The molecule has 1 N–H and O–H groups in total. The number of nitrogens with one attached hydrogen (secondary N) is 1. The molecule has 0 spiro atoms. The van der Waals surface area contributed by atoms with Gasteiger partial charge in [-0.2, -0.15) is 0 Å². The Morgan fingerprint density at radius 3 is 2.11 bits per heavy atom. The fourth-order valence-corrected chi connectivity index (χ4v) is 7.11. The van der Waals surface area contributed by atoms with Crippen molar-refractivity contribution in [1.29, 1.82) is 0 Å². The number of fused-ring (bicyclic) bond motifs is 9. The van der Waals surface area contributed by atoms with Crippen LogP contribution in [-0.4, -0.2) is 21.5 Å². The SMILES string of the molecule is C1=Cc2oc3cccc(-c4nc(-c5ccc6ccccc6c5)nc(-c5cc6ccc7ccccc7c6c6ccccc56)n4)c3c2NC1. The van der Waals surface area contributed by atoms with Gasteiger partial charge in [-0.05, 0) is 67.4 Å². The molecule has 7 aromatic carbocycles. The number of hydrogen-bond donors (Lipinski definition) is 1. The predicted octanol–water partition coefficient (Wildman–Crippen LogP) is 10.7. The zero-order valence-electron chi connectivity index (χ0n) is 25.2. The van der Waals surface area contributed by atoms with Gasteiger partial charge in [0, 0.05) is 23.2 Å². The number of anilines is 1. The molecule has 220 valence electrons. The minimum atomic E-state index is 0.603. The number of aromatic nitrogens is 3. The lowest BCUT2D eigenvalue weighted by Gasteiger charge is -2.14. The summed E-state index contributed by atoms with van der Waals surface area (Å²) in [7, 11) is 0. The fourth-order valence-electron chi connectivity index (χ4n) is 7.11. The molecule has 0 bridgehead atoms. The molecule has 5 nitrogen and oxygen atoms in total. The van der Waals surface area contributed by atoms with E-state index in [4.69, 9.17) is 19.4 Å². The zero-order valence-corrected chi connectivity index (χ0v) is 25.2. The Bertz CT molecular complexity index is 2760. The quantitative estimate of drug-likeness (QED) is 0.204. The Morgan fingerprint density at radius 2 is 1.21 bits per heavy atom. The van der Waals surface area contributed by atoms with Crippen molar-refractivity contribution in [3.8, 4) is 34.2 Å². The van der Waals surface area contributed by atoms with E-state index in [9.17, 15) is 0 Å². The van der Waals surface area contributed by atoms with Gasteiger partial charge in [0.25, 0.3) is 0 Å². The Balaban J connectivity index is 1.28. The number of benzene rings is 7. The van der Waals surface area contributed by atoms with E-state index in [-0.39, 0.29) is 0 Å². The molecule has 0 saturated carbocycles. The summed E-state index contributed by atoms with van der Waals surface area (Å²) in [5.41, 5.74) is 4.57. The van der Waals surface area contributed by atoms with Gasteiger partial charge in [-0.1, -0.05) is 115 Å². The van der Waals surface area contributed by atoms with Crippen LogP contribution in [0.5, 0.6) is 0 Å². The second-order valence-corrected chi connectivity index (χ2v) is 12.0. The van der Waals surface area contributed by atoms with Crippen molar-refractivity contribution in [3.05, 3.63) is 139 Å². The number of hydrogen-bond acceptors (Lipinski definition) is 5. The second kappa shape index (κ2) is 10.1. The molecule has 3 heterocycles. The Hall–Kier alpha value is -6.33. The van der Waals surface area contributed by atoms with Gasteiger partial charge in [0.15, 0.2) is 23.2 Å². The van der Waals surface area contributed by atoms with E-state index in [1.54, 1.807) is 0 Å². The highest BCUT2D eigenvalue weighted by atomic mass is 16.3. The van der Waals surface area contributed by atoms with Gasteiger partial charge in [-0.25, -0.2) is 15.0 Å². The van der Waals surface area contributed by atoms with Gasteiger partial charge in [-0.3, -0.25) is 0 Å². The summed E-state index contributed by atoms with van der Waals surface area (Å²) in [5, 5.41) is 13.9. The molecule has 0 atom stereocenters. The van der Waals surface area contributed by atoms with Gasteiger partial charge >= 0.3 is 0 Å². The summed E-state index contributed by atoms with van der Waals surface area (Å²) in [6.45, 7) is 0.735. The first-order chi connectivity index (χ1) is 23.3. The van der Waals surface area contributed by atoms with E-state index in [2.05, 4.69) is 127 Å². The predicted molar refractivity (Wildman–Crippen MR) is 193 cm³/mol. The first-order valence-corrected chi connectivity index (χ1v) is 15.8. The summed E-state index contributed by atoms with van der Waals surface area (Å²) in [6.07, 6.45) is 4.09. The molecule has 10 rings (SSSR count). The molecular formula is C42H26N4O. The number of furan rings is 1. The Labute approximate surface area is 269 Å². The van der Waals surface area contributed by atoms with E-state index in [1.165, 1.54) is 26.9 Å². The van der Waals surface area contributed by atoms with Crippen molar-refractivity contribution < 1.29 is 4.42 Å². The Morgan fingerprint density at radius 1 is 0.511 bits per heavy atom. The van der Waals surface area contributed by atoms with Gasteiger partial charge in [0.1, 0.15) is 5.58 Å². The number of rotatable bonds is 3. The van der Waals surface area contributed by atoms with Crippen molar-refractivity contribution in [1.82, 2.24) is 15.0 Å². The highest BCUT2D eigenvalue weighted by molar-refractivity contribution is 6.23. The lowest BCUT2D eigenvalue weighted by atomic mass is 9.93. The molecule has 0 saturated heterocycles. The second-order valence-electron chi connectivity index (χ2n) is 12.0. The first-order valence-electron chi connectivity index (χ1n) is 15.8. The molecule has 1 aliphatic heterocycles. The molecular weight excluding hydrogens is 576 g/mol. The maximum Gasteiger partial charge on any atom is 0.164 e. The minimum Gasteiger partial charge on any atom is -0.454 e. The molecule has 0 fully saturated rings. The molecule has 0 amide bonds. The van der Waals surface area contributed by atoms with E-state index in [0.29, 0.717) is 17.5 Å². The van der Waals surface area contributed by atoms with Crippen LogP contribution in [0.4, 0.5) is 5.69 Å². The fraction of sp³-hybridized carbons (Fsp3) is 0.0238. The van der Waals surface area contributed by atoms with Crippen LogP contribution < -0.4 is 5.32 Å². The van der Waals surface area contributed by atoms with E-state index >= 15 is 0 Å².